The van der Waals surface area contributed by atoms with E-state index in [0.29, 0.717) is 22.1 Å². The average Bonchev–Trinajstić information content (AvgIpc) is 3.32. The predicted octanol–water partition coefficient (Wildman–Crippen LogP) is 3.20. The summed E-state index contributed by atoms with van der Waals surface area (Å²) >= 11 is 6.81. The lowest BCUT2D eigenvalue weighted by Gasteiger charge is -2.13. The van der Waals surface area contributed by atoms with Gasteiger partial charge in [-0.3, -0.25) is 4.79 Å². The molecule has 1 aliphatic carbocycles. The second-order valence-electron chi connectivity index (χ2n) is 7.35. The third kappa shape index (κ3) is 2.44. The van der Waals surface area contributed by atoms with E-state index in [4.69, 9.17) is 17.3 Å². The highest BCUT2D eigenvalue weighted by Crippen LogP contribution is 2.57. The molecule has 0 saturated heterocycles. The van der Waals surface area contributed by atoms with Crippen LogP contribution in [0.2, 0.25) is 5.02 Å². The van der Waals surface area contributed by atoms with Gasteiger partial charge in [0.15, 0.2) is 0 Å². The molecule has 0 amide bonds. The first-order chi connectivity index (χ1) is 13.0. The number of aryl methyl sites for hydroxylation is 1. The number of pyridine rings is 3. The van der Waals surface area contributed by atoms with E-state index in [-0.39, 0.29) is 11.0 Å². The van der Waals surface area contributed by atoms with Crippen LogP contribution in [0.15, 0.2) is 41.5 Å². The van der Waals surface area contributed by atoms with E-state index in [1.54, 1.807) is 31.6 Å². The first-order valence-corrected chi connectivity index (χ1v) is 9.23. The van der Waals surface area contributed by atoms with Gasteiger partial charge in [-0.1, -0.05) is 11.6 Å². The fraction of sp³-hybridized carbons (Fsp3) is 0.250. The number of fused-ring (bicyclic) bond motifs is 2. The highest BCUT2D eigenvalue weighted by molar-refractivity contribution is 6.34. The Labute approximate surface area is 161 Å². The number of anilines is 2. The lowest BCUT2D eigenvalue weighted by Crippen LogP contribution is -2.17. The second kappa shape index (κ2) is 5.57. The van der Waals surface area contributed by atoms with Crippen LogP contribution in [0.5, 0.6) is 0 Å². The van der Waals surface area contributed by atoms with Gasteiger partial charge >= 0.3 is 0 Å². The van der Waals surface area contributed by atoms with Crippen LogP contribution in [-0.2, 0) is 12.5 Å². The molecule has 5 rings (SSSR count). The van der Waals surface area contributed by atoms with Crippen LogP contribution in [0.3, 0.4) is 0 Å². The van der Waals surface area contributed by atoms with Gasteiger partial charge in [-0.2, -0.15) is 0 Å². The number of halogens is 1. The Kier molecular flexibility index (Phi) is 3.37. The molecule has 0 bridgehead atoms. The number of nitrogens with two attached hydrogens (primary N) is 1. The van der Waals surface area contributed by atoms with E-state index in [1.165, 1.54) is 4.57 Å². The van der Waals surface area contributed by atoms with Crippen LogP contribution in [0.4, 0.5) is 11.6 Å². The van der Waals surface area contributed by atoms with E-state index in [1.807, 2.05) is 12.1 Å². The lowest BCUT2D eigenvalue weighted by atomic mass is 9.96. The minimum atomic E-state index is -0.124. The van der Waals surface area contributed by atoms with E-state index in [2.05, 4.69) is 15.3 Å². The zero-order valence-corrected chi connectivity index (χ0v) is 15.5. The number of hydrogen-bond acceptors (Lipinski definition) is 5. The van der Waals surface area contributed by atoms with Crippen molar-refractivity contribution in [2.45, 2.75) is 18.3 Å². The van der Waals surface area contributed by atoms with Gasteiger partial charge in [-0.15, -0.1) is 0 Å². The minimum absolute atomic E-state index is 0.124. The van der Waals surface area contributed by atoms with E-state index < -0.39 is 0 Å². The predicted molar refractivity (Wildman–Crippen MR) is 107 cm³/mol. The number of aromatic nitrogens is 3. The average molecular weight is 380 g/mol. The summed E-state index contributed by atoms with van der Waals surface area (Å²) in [5, 5.41) is 4.07. The summed E-state index contributed by atoms with van der Waals surface area (Å²) in [5.74, 6) is 1.21. The van der Waals surface area contributed by atoms with Gasteiger partial charge in [0.2, 0.25) is 0 Å². The molecule has 6 nitrogen and oxygen atoms in total. The Hall–Kier alpha value is -2.86. The molecule has 0 radical (unpaired) electrons. The maximum absolute atomic E-state index is 12.5. The molecule has 1 fully saturated rings. The molecule has 1 saturated carbocycles. The van der Waals surface area contributed by atoms with Crippen molar-refractivity contribution in [3.05, 3.63) is 57.6 Å². The summed E-state index contributed by atoms with van der Waals surface area (Å²) in [6.45, 7) is 0.891. The molecule has 4 heterocycles. The Morgan fingerprint density at radius 2 is 2.11 bits per heavy atom. The Morgan fingerprint density at radius 3 is 2.89 bits per heavy atom. The summed E-state index contributed by atoms with van der Waals surface area (Å²) in [6.07, 6.45) is 5.73. The quantitative estimate of drug-likeness (QED) is 0.714. The largest absolute Gasteiger partial charge is 0.384 e. The lowest BCUT2D eigenvalue weighted by molar-refractivity contribution is 0.778. The first-order valence-electron chi connectivity index (χ1n) is 8.85. The molecule has 7 heteroatoms. The maximum atomic E-state index is 12.5. The summed E-state index contributed by atoms with van der Waals surface area (Å²) in [7, 11) is 1.71. The number of nitrogens with one attached hydrogen (secondary N) is 1. The van der Waals surface area contributed by atoms with Crippen molar-refractivity contribution < 1.29 is 0 Å². The van der Waals surface area contributed by atoms with Gasteiger partial charge in [0.1, 0.15) is 11.6 Å². The Bertz CT molecular complexity index is 1150. The van der Waals surface area contributed by atoms with Crippen molar-refractivity contribution >= 4 is 23.2 Å². The van der Waals surface area contributed by atoms with Crippen LogP contribution >= 0.6 is 11.6 Å². The number of nitrogens with zero attached hydrogens (tertiary/aromatic N) is 3. The molecule has 2 aliphatic rings. The zero-order chi connectivity index (χ0) is 18.8. The summed E-state index contributed by atoms with van der Waals surface area (Å²) in [6, 6.07) is 7.19. The second-order valence-corrected chi connectivity index (χ2v) is 7.73. The van der Waals surface area contributed by atoms with Crippen LogP contribution in [0.1, 0.15) is 18.4 Å². The van der Waals surface area contributed by atoms with Gasteiger partial charge in [0.05, 0.1) is 16.3 Å². The van der Waals surface area contributed by atoms with Crippen molar-refractivity contribution in [2.24, 2.45) is 7.05 Å². The fourth-order valence-corrected chi connectivity index (χ4v) is 4.31. The van der Waals surface area contributed by atoms with Crippen molar-refractivity contribution in [3.8, 4) is 22.4 Å². The molecule has 3 N–H and O–H groups in total. The highest BCUT2D eigenvalue weighted by Gasteiger charge is 2.51. The fourth-order valence-electron chi connectivity index (χ4n) is 3.86. The number of rotatable bonds is 2. The van der Waals surface area contributed by atoms with Crippen LogP contribution in [0, 0.1) is 0 Å². The van der Waals surface area contributed by atoms with Gasteiger partial charge in [-0.05, 0) is 42.7 Å². The molecule has 0 unspecified atom stereocenters. The molecule has 3 aromatic rings. The first kappa shape index (κ1) is 16.3. The summed E-state index contributed by atoms with van der Waals surface area (Å²) < 4.78 is 1.52. The van der Waals surface area contributed by atoms with Crippen molar-refractivity contribution in [2.75, 3.05) is 17.6 Å². The van der Waals surface area contributed by atoms with Crippen LogP contribution < -0.4 is 16.6 Å². The minimum Gasteiger partial charge on any atom is -0.384 e. The van der Waals surface area contributed by atoms with E-state index in [9.17, 15) is 4.79 Å². The summed E-state index contributed by atoms with van der Waals surface area (Å²) in [4.78, 5) is 21.4. The Balaban J connectivity index is 1.69. The smallest absolute Gasteiger partial charge is 0.259 e. The zero-order valence-electron chi connectivity index (χ0n) is 14.8. The Morgan fingerprint density at radius 1 is 1.30 bits per heavy atom. The molecule has 0 atom stereocenters. The molecule has 3 aromatic heterocycles. The SMILES string of the molecule is Cn1cccc(-c2cc(-c3cnc4c(c3Cl)C3(CC3)CN4)cc(N)n2)c1=O. The van der Waals surface area contributed by atoms with Crippen molar-refractivity contribution in [1.82, 2.24) is 14.5 Å². The molecular formula is C20H18ClN5O. The third-order valence-electron chi connectivity index (χ3n) is 5.55. The normalized spacial score (nSPS) is 16.2. The van der Waals surface area contributed by atoms with Crippen LogP contribution in [0.25, 0.3) is 22.4 Å². The van der Waals surface area contributed by atoms with Gasteiger partial charge < -0.3 is 15.6 Å². The van der Waals surface area contributed by atoms with Gasteiger partial charge in [-0.25, -0.2) is 9.97 Å². The summed E-state index contributed by atoms with van der Waals surface area (Å²) in [5.41, 5.74) is 9.82. The topological polar surface area (TPSA) is 85.8 Å². The molecule has 0 aromatic carbocycles. The van der Waals surface area contributed by atoms with E-state index >= 15 is 0 Å². The van der Waals surface area contributed by atoms with Gasteiger partial charge in [0, 0.05) is 42.5 Å². The molecule has 27 heavy (non-hydrogen) atoms. The standard InChI is InChI=1S/C20H18ClN5O/c1-26-6-2-3-12(19(26)27)14-7-11(8-15(22)25-14)13-9-23-18-16(17(13)21)20(4-5-20)10-24-18/h2-3,6-9H,4-5,10H2,1H3,(H2,22,25)(H,23,24). The number of nitrogen functional groups attached to an aromatic ring is 1. The molecule has 1 aliphatic heterocycles. The monoisotopic (exact) mass is 379 g/mol. The number of hydrogen-bond donors (Lipinski definition) is 2. The van der Waals surface area contributed by atoms with E-state index in [0.717, 1.165) is 41.9 Å². The molecule has 136 valence electrons. The maximum Gasteiger partial charge on any atom is 0.259 e. The van der Waals surface area contributed by atoms with Crippen molar-refractivity contribution in [3.63, 3.8) is 0 Å². The van der Waals surface area contributed by atoms with Gasteiger partial charge in [0.25, 0.3) is 5.56 Å². The highest BCUT2D eigenvalue weighted by atomic mass is 35.5. The molecule has 1 spiro atoms. The van der Waals surface area contributed by atoms with Crippen LogP contribution in [-0.4, -0.2) is 21.1 Å². The molecular weight excluding hydrogens is 362 g/mol. The van der Waals surface area contributed by atoms with Crippen molar-refractivity contribution in [1.29, 1.82) is 0 Å². The third-order valence-corrected chi connectivity index (χ3v) is 5.94.